The van der Waals surface area contributed by atoms with Crippen molar-refractivity contribution >= 4 is 23.6 Å². The summed E-state index contributed by atoms with van der Waals surface area (Å²) in [6, 6.07) is 7.52. The van der Waals surface area contributed by atoms with E-state index >= 15 is 0 Å². The van der Waals surface area contributed by atoms with Crippen LogP contribution in [-0.4, -0.2) is 20.9 Å². The van der Waals surface area contributed by atoms with E-state index in [1.807, 2.05) is 24.3 Å². The van der Waals surface area contributed by atoms with Crippen molar-refractivity contribution in [1.29, 1.82) is 0 Å². The summed E-state index contributed by atoms with van der Waals surface area (Å²) in [5, 5.41) is 10.6. The van der Waals surface area contributed by atoms with Gasteiger partial charge in [-0.05, 0) is 25.0 Å². The Morgan fingerprint density at radius 3 is 2.75 bits per heavy atom. The molecule has 6 heteroatoms. The molecule has 2 aromatic rings. The zero-order valence-electron chi connectivity index (χ0n) is 13.0. The van der Waals surface area contributed by atoms with Gasteiger partial charge in [0.05, 0.1) is 5.69 Å². The van der Waals surface area contributed by atoms with Crippen molar-refractivity contribution in [2.24, 2.45) is 4.99 Å². The fourth-order valence-corrected chi connectivity index (χ4v) is 3.49. The van der Waals surface area contributed by atoms with Crippen LogP contribution in [0.3, 0.4) is 0 Å². The first kappa shape index (κ1) is 14.7. The number of para-hydroxylation sites is 1. The number of H-pyrrole nitrogens is 1. The van der Waals surface area contributed by atoms with Crippen LogP contribution in [0.5, 0.6) is 5.88 Å². The number of fused-ring (bicyclic) bond motifs is 1. The van der Waals surface area contributed by atoms with Gasteiger partial charge in [-0.3, -0.25) is 19.3 Å². The summed E-state index contributed by atoms with van der Waals surface area (Å²) in [5.74, 6) is -0.263. The molecule has 4 rings (SSSR count). The first-order valence-corrected chi connectivity index (χ1v) is 8.08. The van der Waals surface area contributed by atoms with Crippen molar-refractivity contribution in [3.05, 3.63) is 56.2 Å². The van der Waals surface area contributed by atoms with Crippen molar-refractivity contribution in [2.75, 3.05) is 0 Å². The van der Waals surface area contributed by atoms with E-state index in [0.717, 1.165) is 42.5 Å². The van der Waals surface area contributed by atoms with Crippen LogP contribution in [0.15, 0.2) is 38.8 Å². The summed E-state index contributed by atoms with van der Waals surface area (Å²) in [4.78, 5) is 31.0. The lowest BCUT2D eigenvalue weighted by atomic mass is 10.1. The molecule has 1 aliphatic carbocycles. The molecule has 24 heavy (non-hydrogen) atoms. The average molecular weight is 323 g/mol. The molecule has 2 heterocycles. The van der Waals surface area contributed by atoms with Gasteiger partial charge in [-0.25, -0.2) is 4.79 Å². The Hall–Kier alpha value is -2.89. The van der Waals surface area contributed by atoms with E-state index in [4.69, 9.17) is 0 Å². The number of benzene rings is 1. The maximum atomic E-state index is 12.2. The summed E-state index contributed by atoms with van der Waals surface area (Å²) in [7, 11) is 0. The minimum Gasteiger partial charge on any atom is -0.494 e. The zero-order valence-corrected chi connectivity index (χ0v) is 13.0. The molecule has 1 fully saturated rings. The molecule has 6 nitrogen and oxygen atoms in total. The van der Waals surface area contributed by atoms with Crippen molar-refractivity contribution in [2.45, 2.75) is 31.7 Å². The van der Waals surface area contributed by atoms with E-state index in [2.05, 4.69) is 9.98 Å². The average Bonchev–Trinajstić information content (AvgIpc) is 3.21. The minimum absolute atomic E-state index is 0.0592. The number of hydrogen-bond acceptors (Lipinski definition) is 4. The van der Waals surface area contributed by atoms with Crippen molar-refractivity contribution in [1.82, 2.24) is 9.55 Å². The highest BCUT2D eigenvalue weighted by Gasteiger charge is 2.24. The molecular weight excluding hydrogens is 306 g/mol. The number of hydrogen-bond donors (Lipinski definition) is 2. The third-order valence-corrected chi connectivity index (χ3v) is 4.70. The van der Waals surface area contributed by atoms with Crippen molar-refractivity contribution < 1.29 is 5.11 Å². The number of rotatable bonds is 2. The summed E-state index contributed by atoms with van der Waals surface area (Å²) in [5.41, 5.74) is 1.42. The highest BCUT2D eigenvalue weighted by Crippen LogP contribution is 2.34. The fraction of sp³-hybridized carbons (Fsp3) is 0.278. The quantitative estimate of drug-likeness (QED) is 0.890. The Morgan fingerprint density at radius 1 is 1.21 bits per heavy atom. The first-order chi connectivity index (χ1) is 11.6. The molecule has 1 aliphatic heterocycles. The molecule has 0 spiro atoms. The molecule has 2 aliphatic rings. The summed E-state index contributed by atoms with van der Waals surface area (Å²) in [6.07, 6.45) is 6.96. The van der Waals surface area contributed by atoms with Crippen LogP contribution in [0.2, 0.25) is 0 Å². The van der Waals surface area contributed by atoms with E-state index in [-0.39, 0.29) is 17.5 Å². The van der Waals surface area contributed by atoms with Gasteiger partial charge in [-0.15, -0.1) is 0 Å². The highest BCUT2D eigenvalue weighted by molar-refractivity contribution is 6.21. The summed E-state index contributed by atoms with van der Waals surface area (Å²) in [6.45, 7) is 0. The number of aliphatic imine (C=N–C) groups is 1. The molecule has 1 saturated carbocycles. The number of nitrogens with one attached hydrogen (secondary N) is 1. The summed E-state index contributed by atoms with van der Waals surface area (Å²) < 4.78 is 1.32. The van der Waals surface area contributed by atoms with Crippen LogP contribution in [0.1, 0.15) is 42.9 Å². The second-order valence-corrected chi connectivity index (χ2v) is 6.18. The highest BCUT2D eigenvalue weighted by atomic mass is 16.3. The third-order valence-electron chi connectivity index (χ3n) is 4.70. The molecule has 122 valence electrons. The molecule has 2 N–H and O–H groups in total. The number of aromatic amines is 1. The fourth-order valence-electron chi connectivity index (χ4n) is 3.49. The predicted octanol–water partition coefficient (Wildman–Crippen LogP) is 2.61. The van der Waals surface area contributed by atoms with Crippen LogP contribution in [0, 0.1) is 0 Å². The first-order valence-electron chi connectivity index (χ1n) is 8.08. The van der Waals surface area contributed by atoms with Gasteiger partial charge in [0.25, 0.3) is 5.56 Å². The lowest BCUT2D eigenvalue weighted by molar-refractivity contribution is 0.362. The Bertz CT molecular complexity index is 976. The smallest absolute Gasteiger partial charge is 0.331 e. The largest absolute Gasteiger partial charge is 0.494 e. The summed E-state index contributed by atoms with van der Waals surface area (Å²) >= 11 is 0. The zero-order chi connectivity index (χ0) is 16.7. The molecule has 0 radical (unpaired) electrons. The monoisotopic (exact) mass is 323 g/mol. The number of allylic oxidation sites excluding steroid dienone is 1. The van der Waals surface area contributed by atoms with Crippen molar-refractivity contribution in [3.8, 4) is 5.88 Å². The van der Waals surface area contributed by atoms with Crippen LogP contribution in [-0.2, 0) is 0 Å². The Morgan fingerprint density at radius 2 is 1.96 bits per heavy atom. The molecule has 0 bridgehead atoms. The SMILES string of the molecule is O=c1[nH]c(=O)n(C2CCCC2)c(O)c1C=C1C=Nc2ccccc21. The number of aromatic nitrogens is 2. The normalized spacial score (nSPS) is 18.4. The molecule has 0 saturated heterocycles. The minimum atomic E-state index is -0.586. The van der Waals surface area contributed by atoms with Gasteiger partial charge in [-0.2, -0.15) is 0 Å². The van der Waals surface area contributed by atoms with Gasteiger partial charge in [0.2, 0.25) is 5.88 Å². The standard InChI is InChI=1S/C18H17N3O3/c22-16-14(9-11-10-19-15-8-4-3-7-13(11)15)17(23)21(18(24)20-16)12-5-1-2-6-12/h3-4,7-10,12,23H,1-2,5-6H2,(H,20,22,24). The van der Waals surface area contributed by atoms with E-state index < -0.39 is 11.2 Å². The Labute approximate surface area is 137 Å². The number of aromatic hydroxyl groups is 1. The van der Waals surface area contributed by atoms with E-state index in [9.17, 15) is 14.7 Å². The second kappa shape index (κ2) is 5.63. The van der Waals surface area contributed by atoms with Crippen molar-refractivity contribution in [3.63, 3.8) is 0 Å². The lowest BCUT2D eigenvalue weighted by Gasteiger charge is -2.16. The van der Waals surface area contributed by atoms with Crippen LogP contribution >= 0.6 is 0 Å². The van der Waals surface area contributed by atoms with E-state index in [0.29, 0.717) is 0 Å². The molecule has 1 aromatic heterocycles. The molecule has 1 aromatic carbocycles. The van der Waals surface area contributed by atoms with Gasteiger partial charge in [-0.1, -0.05) is 31.0 Å². The van der Waals surface area contributed by atoms with Crippen LogP contribution < -0.4 is 11.2 Å². The number of nitrogens with zero attached hydrogens (tertiary/aromatic N) is 2. The third kappa shape index (κ3) is 2.31. The van der Waals surface area contributed by atoms with Gasteiger partial charge in [0, 0.05) is 23.4 Å². The molecule has 0 amide bonds. The van der Waals surface area contributed by atoms with Gasteiger partial charge in [0.15, 0.2) is 0 Å². The van der Waals surface area contributed by atoms with Gasteiger partial charge < -0.3 is 5.11 Å². The predicted molar refractivity (Wildman–Crippen MR) is 93.0 cm³/mol. The van der Waals surface area contributed by atoms with E-state index in [1.54, 1.807) is 12.3 Å². The van der Waals surface area contributed by atoms with Crippen LogP contribution in [0.25, 0.3) is 11.6 Å². The van der Waals surface area contributed by atoms with Gasteiger partial charge >= 0.3 is 5.69 Å². The maximum Gasteiger partial charge on any atom is 0.331 e. The van der Waals surface area contributed by atoms with Crippen LogP contribution in [0.4, 0.5) is 5.69 Å². The molecule has 0 atom stereocenters. The Balaban J connectivity index is 1.86. The van der Waals surface area contributed by atoms with Gasteiger partial charge in [0.1, 0.15) is 5.56 Å². The Kier molecular flexibility index (Phi) is 3.45. The second-order valence-electron chi connectivity index (χ2n) is 6.18. The maximum absolute atomic E-state index is 12.2. The van der Waals surface area contributed by atoms with E-state index in [1.165, 1.54) is 4.57 Å². The molecular formula is C18H17N3O3. The lowest BCUT2D eigenvalue weighted by Crippen LogP contribution is -2.33. The molecule has 0 unspecified atom stereocenters. The topological polar surface area (TPSA) is 87.5 Å².